The molecule has 0 bridgehead atoms. The van der Waals surface area contributed by atoms with Crippen molar-refractivity contribution in [1.82, 2.24) is 0 Å². The quantitative estimate of drug-likeness (QED) is 0.183. The second-order valence-corrected chi connectivity index (χ2v) is 9.22. The molecule has 18 heteroatoms. The predicted octanol–water partition coefficient (Wildman–Crippen LogP) is 9.60. The Morgan fingerprint density at radius 3 is 0.978 bits per heavy atom. The molecule has 0 unspecified atom stereocenters. The van der Waals surface area contributed by atoms with Gasteiger partial charge >= 0.3 is 36.6 Å². The van der Waals surface area contributed by atoms with Crippen LogP contribution in [0.15, 0.2) is 48.5 Å². The molecular formula is C28H20F12N2O4. The first-order chi connectivity index (χ1) is 21.0. The van der Waals surface area contributed by atoms with E-state index in [9.17, 15) is 62.3 Å². The van der Waals surface area contributed by atoms with Crippen molar-refractivity contribution >= 4 is 34.7 Å². The van der Waals surface area contributed by atoms with Crippen molar-refractivity contribution in [3.63, 3.8) is 0 Å². The molecule has 0 radical (unpaired) electrons. The van der Waals surface area contributed by atoms with Crippen LogP contribution < -0.4 is 10.6 Å². The summed E-state index contributed by atoms with van der Waals surface area (Å²) in [5, 5.41) is 4.38. The van der Waals surface area contributed by atoms with Gasteiger partial charge in [0.25, 0.3) is 0 Å². The molecule has 46 heavy (non-hydrogen) atoms. The average molecular weight is 676 g/mol. The van der Waals surface area contributed by atoms with Gasteiger partial charge < -0.3 is 20.1 Å². The Bertz CT molecular complexity index is 1430. The summed E-state index contributed by atoms with van der Waals surface area (Å²) in [7, 11) is 0. The van der Waals surface area contributed by atoms with Crippen molar-refractivity contribution in [2.24, 2.45) is 0 Å². The van der Waals surface area contributed by atoms with Gasteiger partial charge in [0.1, 0.15) is 0 Å². The Labute approximate surface area is 251 Å². The molecule has 3 aromatic rings. The van der Waals surface area contributed by atoms with Crippen LogP contribution in [0.5, 0.6) is 0 Å². The van der Waals surface area contributed by atoms with Gasteiger partial charge in [-0.3, -0.25) is 0 Å². The Morgan fingerprint density at radius 1 is 0.500 bits per heavy atom. The van der Waals surface area contributed by atoms with Gasteiger partial charge in [-0.1, -0.05) is 0 Å². The third kappa shape index (κ3) is 8.75. The van der Waals surface area contributed by atoms with E-state index in [-0.39, 0.29) is 49.6 Å². The van der Waals surface area contributed by atoms with Crippen molar-refractivity contribution in [1.29, 1.82) is 0 Å². The van der Waals surface area contributed by atoms with E-state index in [1.807, 2.05) is 0 Å². The Morgan fingerprint density at radius 2 is 0.761 bits per heavy atom. The number of halogens is 12. The van der Waals surface area contributed by atoms with Crippen LogP contribution >= 0.6 is 0 Å². The molecule has 3 aromatic carbocycles. The fourth-order valence-electron chi connectivity index (χ4n) is 3.93. The highest BCUT2D eigenvalue weighted by atomic mass is 19.4. The molecule has 0 saturated heterocycles. The van der Waals surface area contributed by atoms with Crippen LogP contribution in [0.4, 0.5) is 75.4 Å². The van der Waals surface area contributed by atoms with Gasteiger partial charge in [-0.05, 0) is 62.4 Å². The zero-order chi connectivity index (χ0) is 34.8. The highest BCUT2D eigenvalue weighted by molar-refractivity contribution is 6.04. The molecule has 0 aliphatic rings. The summed E-state index contributed by atoms with van der Waals surface area (Å²) < 4.78 is 171. The zero-order valence-electron chi connectivity index (χ0n) is 23.2. The molecule has 250 valence electrons. The molecular weight excluding hydrogens is 656 g/mol. The molecule has 0 spiro atoms. The predicted molar refractivity (Wildman–Crippen MR) is 138 cm³/mol. The highest BCUT2D eigenvalue weighted by Crippen LogP contribution is 2.41. The van der Waals surface area contributed by atoms with Crippen molar-refractivity contribution in [2.75, 3.05) is 23.8 Å². The first-order valence-corrected chi connectivity index (χ1v) is 12.7. The number of rotatable bonds is 8. The topological polar surface area (TPSA) is 76.7 Å². The van der Waals surface area contributed by atoms with Gasteiger partial charge in [-0.2, -0.15) is 52.7 Å². The van der Waals surface area contributed by atoms with Crippen LogP contribution in [-0.4, -0.2) is 25.2 Å². The Hall–Kier alpha value is -4.64. The number of carbonyl (C=O) groups excluding carboxylic acids is 2. The van der Waals surface area contributed by atoms with Crippen LogP contribution in [0.25, 0.3) is 0 Å². The normalized spacial score (nSPS) is 12.5. The molecule has 0 saturated carbocycles. The van der Waals surface area contributed by atoms with Gasteiger partial charge in [-0.15, -0.1) is 0 Å². The lowest BCUT2D eigenvalue weighted by atomic mass is 10.0. The standard InChI is InChI=1S/C28H20F12N2O4/c1-3-45-23(43)19-11-22(42-18-9-15(27(35,36)37)6-16(10-18)28(38,39)40)20(24(44)46-4-2)12-21(19)41-17-7-13(25(29,30)31)5-14(8-17)26(32,33)34/h5-12,41-42H,3-4H2,1-2H3. The Kier molecular flexibility index (Phi) is 10.1. The van der Waals surface area contributed by atoms with Gasteiger partial charge in [-0.25, -0.2) is 9.59 Å². The van der Waals surface area contributed by atoms with Crippen LogP contribution in [0.2, 0.25) is 0 Å². The summed E-state index contributed by atoms with van der Waals surface area (Å²) in [5.41, 5.74) is -11.3. The summed E-state index contributed by atoms with van der Waals surface area (Å²) >= 11 is 0. The minimum atomic E-state index is -5.26. The molecule has 3 rings (SSSR count). The second-order valence-electron chi connectivity index (χ2n) is 9.22. The molecule has 0 heterocycles. The van der Waals surface area contributed by atoms with Crippen molar-refractivity contribution in [2.45, 2.75) is 38.6 Å². The molecule has 0 amide bonds. The summed E-state index contributed by atoms with van der Waals surface area (Å²) in [6.45, 7) is 1.98. The first kappa shape index (κ1) is 35.8. The molecule has 0 aromatic heterocycles. The lowest BCUT2D eigenvalue weighted by molar-refractivity contribution is -0.144. The summed E-state index contributed by atoms with van der Waals surface area (Å²) in [5.74, 6) is -2.57. The largest absolute Gasteiger partial charge is 0.462 e. The summed E-state index contributed by atoms with van der Waals surface area (Å²) in [4.78, 5) is 25.7. The van der Waals surface area contributed by atoms with Gasteiger partial charge in [0.2, 0.25) is 0 Å². The van der Waals surface area contributed by atoms with Crippen molar-refractivity contribution in [3.05, 3.63) is 81.9 Å². The lowest BCUT2D eigenvalue weighted by Gasteiger charge is -2.20. The number of alkyl halides is 12. The number of esters is 2. The van der Waals surface area contributed by atoms with E-state index in [2.05, 4.69) is 10.6 Å². The second kappa shape index (κ2) is 13.0. The van der Waals surface area contributed by atoms with E-state index in [1.165, 1.54) is 13.8 Å². The molecule has 0 atom stereocenters. The smallest absolute Gasteiger partial charge is 0.416 e. The number of carbonyl (C=O) groups is 2. The third-order valence-electron chi connectivity index (χ3n) is 5.88. The number of hydrogen-bond acceptors (Lipinski definition) is 6. The molecule has 6 nitrogen and oxygen atoms in total. The third-order valence-corrected chi connectivity index (χ3v) is 5.88. The Balaban J connectivity index is 2.29. The minimum Gasteiger partial charge on any atom is -0.462 e. The van der Waals surface area contributed by atoms with E-state index < -0.39 is 92.8 Å². The van der Waals surface area contributed by atoms with Crippen LogP contribution in [0.1, 0.15) is 56.8 Å². The number of ether oxygens (including phenoxy) is 2. The maximum atomic E-state index is 13.4. The fraction of sp³-hybridized carbons (Fsp3) is 0.286. The average Bonchev–Trinajstić information content (AvgIpc) is 2.91. The fourth-order valence-corrected chi connectivity index (χ4v) is 3.93. The summed E-state index contributed by atoms with van der Waals surface area (Å²) in [6, 6.07) is 2.11. The van der Waals surface area contributed by atoms with E-state index in [1.54, 1.807) is 0 Å². The monoisotopic (exact) mass is 676 g/mol. The first-order valence-electron chi connectivity index (χ1n) is 12.7. The van der Waals surface area contributed by atoms with E-state index in [0.717, 1.165) is 0 Å². The molecule has 0 aliphatic heterocycles. The summed E-state index contributed by atoms with van der Waals surface area (Å²) in [6.07, 6.45) is -21.0. The van der Waals surface area contributed by atoms with E-state index in [0.29, 0.717) is 12.1 Å². The molecule has 0 aliphatic carbocycles. The molecule has 2 N–H and O–H groups in total. The van der Waals surface area contributed by atoms with Crippen LogP contribution in [0.3, 0.4) is 0 Å². The number of benzene rings is 3. The van der Waals surface area contributed by atoms with Crippen molar-refractivity contribution < 1.29 is 71.7 Å². The van der Waals surface area contributed by atoms with Gasteiger partial charge in [0.15, 0.2) is 0 Å². The van der Waals surface area contributed by atoms with E-state index >= 15 is 0 Å². The van der Waals surface area contributed by atoms with Gasteiger partial charge in [0, 0.05) is 11.4 Å². The highest BCUT2D eigenvalue weighted by Gasteiger charge is 2.38. The van der Waals surface area contributed by atoms with Crippen LogP contribution in [0, 0.1) is 0 Å². The lowest BCUT2D eigenvalue weighted by Crippen LogP contribution is -2.15. The maximum absolute atomic E-state index is 13.4. The maximum Gasteiger partial charge on any atom is 0.416 e. The molecule has 0 fully saturated rings. The number of hydrogen-bond donors (Lipinski definition) is 2. The minimum absolute atomic E-state index is 0.168. The van der Waals surface area contributed by atoms with Gasteiger partial charge in [0.05, 0.1) is 58.0 Å². The number of anilines is 4. The van der Waals surface area contributed by atoms with E-state index in [4.69, 9.17) is 9.47 Å². The van der Waals surface area contributed by atoms with Crippen molar-refractivity contribution in [3.8, 4) is 0 Å². The van der Waals surface area contributed by atoms with Crippen LogP contribution in [-0.2, 0) is 34.2 Å². The zero-order valence-corrected chi connectivity index (χ0v) is 23.2. The SMILES string of the molecule is CCOC(=O)c1cc(Nc2cc(C(F)(F)F)cc(C(F)(F)F)c2)c(C(=O)OCC)cc1Nc1cc(C(F)(F)F)cc(C(F)(F)F)c1. The number of nitrogens with one attached hydrogen (secondary N) is 2.